The maximum absolute atomic E-state index is 14.1. The first-order chi connectivity index (χ1) is 19.0. The minimum absolute atomic E-state index is 0.0697. The van der Waals surface area contributed by atoms with Gasteiger partial charge in [0.2, 0.25) is 5.90 Å². The van der Waals surface area contributed by atoms with Crippen LogP contribution in [0.2, 0.25) is 0 Å². The predicted octanol–water partition coefficient (Wildman–Crippen LogP) is 4.45. The highest BCUT2D eigenvalue weighted by Crippen LogP contribution is 2.44. The maximum Gasteiger partial charge on any atom is 0.252 e. The number of aliphatic hydroxyl groups excluding tert-OH is 1. The lowest BCUT2D eigenvalue weighted by Crippen LogP contribution is -2.51. The van der Waals surface area contributed by atoms with Gasteiger partial charge in [-0.15, -0.1) is 0 Å². The first-order valence-electron chi connectivity index (χ1n) is 12.7. The van der Waals surface area contributed by atoms with Gasteiger partial charge in [0.05, 0.1) is 13.2 Å². The van der Waals surface area contributed by atoms with Crippen LogP contribution < -0.4 is 10.1 Å². The molecule has 1 aliphatic heterocycles. The van der Waals surface area contributed by atoms with E-state index in [0.717, 1.165) is 21.2 Å². The van der Waals surface area contributed by atoms with E-state index >= 15 is 0 Å². The van der Waals surface area contributed by atoms with E-state index in [4.69, 9.17) is 29.0 Å². The molecule has 1 heterocycles. The van der Waals surface area contributed by atoms with Crippen LogP contribution in [0.1, 0.15) is 29.2 Å². The third-order valence-electron chi connectivity index (χ3n) is 6.49. The van der Waals surface area contributed by atoms with Crippen molar-refractivity contribution < 1.29 is 28.8 Å². The second-order valence-electron chi connectivity index (χ2n) is 9.08. The lowest BCUT2D eigenvalue weighted by Gasteiger charge is -2.31. The summed E-state index contributed by atoms with van der Waals surface area (Å²) in [5, 5.41) is 12.0. The SMILES string of the molecule is COC(CNC(=O)[C@]1(Cc2ccccc2)N=C(c2ccc(OCCCO)cc2)O[C@@H]1c1ccccc1Br)OC. The molecule has 0 aromatic heterocycles. The van der Waals surface area contributed by atoms with E-state index in [0.29, 0.717) is 31.1 Å². The minimum atomic E-state index is -1.32. The fourth-order valence-electron chi connectivity index (χ4n) is 4.45. The topological polar surface area (TPSA) is 98.6 Å². The third-order valence-corrected chi connectivity index (χ3v) is 7.21. The average Bonchev–Trinajstić information content (AvgIpc) is 3.35. The predicted molar refractivity (Wildman–Crippen MR) is 152 cm³/mol. The molecule has 0 spiro atoms. The Morgan fingerprint density at radius 2 is 1.74 bits per heavy atom. The molecule has 1 amide bonds. The number of methoxy groups -OCH3 is 2. The molecule has 2 N–H and O–H groups in total. The number of hydrogen-bond donors (Lipinski definition) is 2. The molecular weight excluding hydrogens is 564 g/mol. The second kappa shape index (κ2) is 13.7. The highest BCUT2D eigenvalue weighted by Gasteiger charge is 2.53. The van der Waals surface area contributed by atoms with E-state index in [2.05, 4.69) is 21.2 Å². The summed E-state index contributed by atoms with van der Waals surface area (Å²) < 4.78 is 23.6. The van der Waals surface area contributed by atoms with Gasteiger partial charge in [0.1, 0.15) is 5.75 Å². The number of carbonyl (C=O) groups excluding carboxylic acids is 1. The van der Waals surface area contributed by atoms with Crippen LogP contribution in [0.25, 0.3) is 0 Å². The number of halogens is 1. The van der Waals surface area contributed by atoms with Crippen LogP contribution in [-0.4, -0.2) is 62.7 Å². The molecule has 9 heteroatoms. The van der Waals surface area contributed by atoms with Gasteiger partial charge in [-0.25, -0.2) is 4.99 Å². The molecule has 0 unspecified atom stereocenters. The molecule has 8 nitrogen and oxygen atoms in total. The number of nitrogens with one attached hydrogen (secondary N) is 1. The van der Waals surface area contributed by atoms with Crippen molar-refractivity contribution in [1.29, 1.82) is 0 Å². The van der Waals surface area contributed by atoms with Gasteiger partial charge in [-0.05, 0) is 35.9 Å². The number of rotatable bonds is 13. The molecule has 0 radical (unpaired) electrons. The van der Waals surface area contributed by atoms with Crippen molar-refractivity contribution in [2.24, 2.45) is 4.99 Å². The molecule has 2 atom stereocenters. The summed E-state index contributed by atoms with van der Waals surface area (Å²) in [6.45, 7) is 0.637. The smallest absolute Gasteiger partial charge is 0.252 e. The van der Waals surface area contributed by atoms with Crippen LogP contribution in [0.4, 0.5) is 0 Å². The number of aliphatic imine (C=N–C) groups is 1. The summed E-state index contributed by atoms with van der Waals surface area (Å²) in [7, 11) is 3.05. The van der Waals surface area contributed by atoms with Gasteiger partial charge in [-0.3, -0.25) is 4.79 Å². The Morgan fingerprint density at radius 1 is 1.05 bits per heavy atom. The van der Waals surface area contributed by atoms with Gasteiger partial charge in [-0.1, -0.05) is 64.5 Å². The normalized spacial score (nSPS) is 18.5. The number of ether oxygens (including phenoxy) is 4. The molecule has 4 rings (SSSR count). The average molecular weight is 598 g/mol. The summed E-state index contributed by atoms with van der Waals surface area (Å²) >= 11 is 3.66. The van der Waals surface area contributed by atoms with Gasteiger partial charge in [0, 0.05) is 49.3 Å². The summed E-state index contributed by atoms with van der Waals surface area (Å²) in [5.41, 5.74) is 1.15. The van der Waals surface area contributed by atoms with Crippen molar-refractivity contribution in [1.82, 2.24) is 5.32 Å². The van der Waals surface area contributed by atoms with Crippen LogP contribution in [0.3, 0.4) is 0 Å². The van der Waals surface area contributed by atoms with E-state index in [1.807, 2.05) is 78.9 Å². The van der Waals surface area contributed by atoms with Crippen molar-refractivity contribution in [3.05, 3.63) is 100 Å². The Bertz CT molecular complexity index is 1250. The van der Waals surface area contributed by atoms with Gasteiger partial charge in [0.15, 0.2) is 17.9 Å². The van der Waals surface area contributed by atoms with Crippen LogP contribution in [0.15, 0.2) is 88.3 Å². The zero-order valence-electron chi connectivity index (χ0n) is 22.0. The van der Waals surface area contributed by atoms with Gasteiger partial charge >= 0.3 is 0 Å². The zero-order chi connectivity index (χ0) is 27.7. The second-order valence-corrected chi connectivity index (χ2v) is 9.94. The third kappa shape index (κ3) is 6.86. The number of carbonyl (C=O) groups is 1. The van der Waals surface area contributed by atoms with E-state index < -0.39 is 17.9 Å². The molecule has 0 bridgehead atoms. The first-order valence-corrected chi connectivity index (χ1v) is 13.5. The Hall–Kier alpha value is -3.24. The van der Waals surface area contributed by atoms with Crippen LogP contribution in [0, 0.1) is 0 Å². The minimum Gasteiger partial charge on any atom is -0.494 e. The summed E-state index contributed by atoms with van der Waals surface area (Å²) in [6.07, 6.45) is -0.460. The molecule has 0 saturated heterocycles. The molecule has 39 heavy (non-hydrogen) atoms. The molecule has 0 aliphatic carbocycles. The number of aliphatic hydroxyl groups is 1. The van der Waals surface area contributed by atoms with E-state index in [9.17, 15) is 4.79 Å². The molecule has 0 fully saturated rings. The van der Waals surface area contributed by atoms with Crippen LogP contribution >= 0.6 is 15.9 Å². The number of hydrogen-bond acceptors (Lipinski definition) is 7. The van der Waals surface area contributed by atoms with Crippen LogP contribution in [-0.2, 0) is 25.4 Å². The highest BCUT2D eigenvalue weighted by molar-refractivity contribution is 9.10. The number of nitrogens with zero attached hydrogens (tertiary/aromatic N) is 1. The Kier molecular flexibility index (Phi) is 10.1. The molecule has 1 aliphatic rings. The Morgan fingerprint density at radius 3 is 2.41 bits per heavy atom. The van der Waals surface area contributed by atoms with Gasteiger partial charge in [-0.2, -0.15) is 0 Å². The monoisotopic (exact) mass is 596 g/mol. The fourth-order valence-corrected chi connectivity index (χ4v) is 4.94. The molecule has 3 aromatic carbocycles. The van der Waals surface area contributed by atoms with E-state index in [1.165, 1.54) is 14.2 Å². The maximum atomic E-state index is 14.1. The molecule has 3 aromatic rings. The summed E-state index contributed by atoms with van der Waals surface area (Å²) in [5.74, 6) is 0.732. The lowest BCUT2D eigenvalue weighted by molar-refractivity contribution is -0.134. The van der Waals surface area contributed by atoms with Crippen molar-refractivity contribution in [2.75, 3.05) is 34.0 Å². The Balaban J connectivity index is 1.76. The highest BCUT2D eigenvalue weighted by atomic mass is 79.9. The van der Waals surface area contributed by atoms with Gasteiger partial charge in [0.25, 0.3) is 5.91 Å². The Labute approximate surface area is 237 Å². The quantitative estimate of drug-likeness (QED) is 0.223. The first kappa shape index (κ1) is 28.8. The zero-order valence-corrected chi connectivity index (χ0v) is 23.6. The van der Waals surface area contributed by atoms with E-state index in [-0.39, 0.29) is 19.1 Å². The number of benzene rings is 3. The summed E-state index contributed by atoms with van der Waals surface area (Å²) in [6, 6.07) is 24.8. The largest absolute Gasteiger partial charge is 0.494 e. The van der Waals surface area contributed by atoms with Crippen molar-refractivity contribution in [2.45, 2.75) is 30.8 Å². The standard InChI is InChI=1S/C30H33BrN2O6/c1-36-26(37-2)20-32-29(35)30(19-21-9-4-3-5-10-21)27(24-11-6-7-12-25(24)31)39-28(33-30)22-13-15-23(16-14-22)38-18-8-17-34/h3-7,9-16,26-27,34H,8,17-20H2,1-2H3,(H,32,35)/t27-,30-/m1/s1. The van der Waals surface area contributed by atoms with Crippen LogP contribution in [0.5, 0.6) is 5.75 Å². The van der Waals surface area contributed by atoms with Crippen molar-refractivity contribution in [3.8, 4) is 5.75 Å². The summed E-state index contributed by atoms with van der Waals surface area (Å²) in [4.78, 5) is 19.1. The van der Waals surface area contributed by atoms with Gasteiger partial charge < -0.3 is 29.4 Å². The van der Waals surface area contributed by atoms with E-state index in [1.54, 1.807) is 0 Å². The molecular formula is C30H33BrN2O6. The molecule has 0 saturated carbocycles. The fraction of sp³-hybridized carbons (Fsp3) is 0.333. The lowest BCUT2D eigenvalue weighted by atomic mass is 9.82. The molecule has 206 valence electrons. The number of amides is 1. The van der Waals surface area contributed by atoms with Crippen molar-refractivity contribution in [3.63, 3.8) is 0 Å². The van der Waals surface area contributed by atoms with Crippen molar-refractivity contribution >= 4 is 27.7 Å².